The van der Waals surface area contributed by atoms with Crippen molar-refractivity contribution in [3.05, 3.63) is 145 Å². The van der Waals surface area contributed by atoms with Gasteiger partial charge in [0.1, 0.15) is 23.3 Å². The number of nitrogens with two attached hydrogens (primary N) is 4. The zero-order valence-corrected chi connectivity index (χ0v) is 62.9. The number of rotatable bonds is 16. The first-order valence-corrected chi connectivity index (χ1v) is 35.5. The van der Waals surface area contributed by atoms with Crippen molar-refractivity contribution in [3.63, 3.8) is 0 Å². The van der Waals surface area contributed by atoms with E-state index >= 15 is 0 Å². The van der Waals surface area contributed by atoms with Crippen molar-refractivity contribution in [2.75, 3.05) is 204 Å². The summed E-state index contributed by atoms with van der Waals surface area (Å²) in [6, 6.07) is 27.7. The number of carbonyl (C=O) groups excluding carboxylic acids is 4. The predicted octanol–water partition coefficient (Wildman–Crippen LogP) is 7.14. The molecule has 4 amide bonds. The van der Waals surface area contributed by atoms with Gasteiger partial charge >= 0.3 is 0 Å². The van der Waals surface area contributed by atoms with Gasteiger partial charge in [-0.3, -0.25) is 19.2 Å². The van der Waals surface area contributed by atoms with Crippen molar-refractivity contribution in [3.8, 4) is 46.0 Å². The number of ether oxygens (including phenoxy) is 8. The lowest BCUT2D eigenvalue weighted by Crippen LogP contribution is -2.49. The largest absolute Gasteiger partial charge is 0.493 e. The number of furan rings is 4. The maximum absolute atomic E-state index is 12.4. The third-order valence-electron chi connectivity index (χ3n) is 19.2. The van der Waals surface area contributed by atoms with Gasteiger partial charge < -0.3 is 118 Å². The van der Waals surface area contributed by atoms with Crippen LogP contribution >= 0.6 is 0 Å². The van der Waals surface area contributed by atoms with Crippen molar-refractivity contribution in [2.45, 2.75) is 0 Å². The third-order valence-corrected chi connectivity index (χ3v) is 19.2. The van der Waals surface area contributed by atoms with Crippen LogP contribution in [0.4, 0.5) is 47.1 Å². The van der Waals surface area contributed by atoms with Gasteiger partial charge in [-0.05, 0) is 72.8 Å². The Bertz CT molecular complexity index is 4640. The zero-order chi connectivity index (χ0) is 78.7. The Kier molecular flexibility index (Phi) is 23.2. The summed E-state index contributed by atoms with van der Waals surface area (Å²) in [6.45, 7) is 9.20. The minimum Gasteiger partial charge on any atom is -0.493 e. The summed E-state index contributed by atoms with van der Waals surface area (Å²) in [7, 11) is 12.6. The second-order valence-corrected chi connectivity index (χ2v) is 25.6. The zero-order valence-electron chi connectivity index (χ0n) is 62.9. The number of hydrogen-bond acceptors (Lipinski definition) is 32. The van der Waals surface area contributed by atoms with E-state index in [0.717, 1.165) is 0 Å². The molecule has 36 heteroatoms. The molecule has 36 nitrogen and oxygen atoms in total. The molecule has 4 fully saturated rings. The molecule has 4 aliphatic heterocycles. The molecular weight excluding hydrogens is 1450 g/mol. The summed E-state index contributed by atoms with van der Waals surface area (Å²) >= 11 is 0. The summed E-state index contributed by atoms with van der Waals surface area (Å²) < 4.78 is 63.5. The molecule has 0 aliphatic carbocycles. The van der Waals surface area contributed by atoms with Crippen molar-refractivity contribution in [1.82, 2.24) is 59.5 Å². The highest BCUT2D eigenvalue weighted by atomic mass is 16.5. The van der Waals surface area contributed by atoms with Crippen LogP contribution in [0.1, 0.15) is 42.2 Å². The second kappa shape index (κ2) is 34.1. The number of aromatic nitrogens is 8. The molecule has 4 saturated heterocycles. The maximum Gasteiger partial charge on any atom is 0.289 e. The molecule has 16 rings (SSSR count). The third kappa shape index (κ3) is 16.4. The molecule has 8 N–H and O–H groups in total. The lowest BCUT2D eigenvalue weighted by atomic mass is 10.2. The van der Waals surface area contributed by atoms with Gasteiger partial charge in [0.25, 0.3) is 23.6 Å². The molecule has 12 heterocycles. The summed E-state index contributed by atoms with van der Waals surface area (Å²) in [5, 5.41) is 2.81. The predicted molar refractivity (Wildman–Crippen MR) is 416 cm³/mol. The van der Waals surface area contributed by atoms with Gasteiger partial charge in [-0.2, -0.15) is 19.9 Å². The number of amides is 4. The van der Waals surface area contributed by atoms with Crippen LogP contribution in [-0.2, 0) is 0 Å². The van der Waals surface area contributed by atoms with Gasteiger partial charge in [-0.1, -0.05) is 0 Å². The number of benzene rings is 4. The minimum atomic E-state index is -0.111. The van der Waals surface area contributed by atoms with Gasteiger partial charge in [0.2, 0.25) is 23.8 Å². The molecule has 0 atom stereocenters. The van der Waals surface area contributed by atoms with Crippen LogP contribution in [-0.4, -0.2) is 245 Å². The number of methoxy groups -OCH3 is 8. The smallest absolute Gasteiger partial charge is 0.289 e. The Morgan fingerprint density at radius 1 is 0.277 bits per heavy atom. The van der Waals surface area contributed by atoms with Crippen LogP contribution in [0, 0.1) is 0 Å². The monoisotopic (exact) mass is 1530 g/mol. The first-order valence-electron chi connectivity index (χ1n) is 35.5. The highest BCUT2D eigenvalue weighted by Gasteiger charge is 2.31. The minimum absolute atomic E-state index is 0.111. The fraction of sp³-hybridized carbons (Fsp3) is 0.316. The average Bonchev–Trinajstić information content (AvgIpc) is 0.857. The first-order chi connectivity index (χ1) is 54.4. The average molecular weight is 1530 g/mol. The fourth-order valence-corrected chi connectivity index (χ4v) is 13.1. The second-order valence-electron chi connectivity index (χ2n) is 25.6. The van der Waals surface area contributed by atoms with E-state index in [0.29, 0.717) is 264 Å². The van der Waals surface area contributed by atoms with E-state index in [1.54, 1.807) is 174 Å². The number of fused-ring (bicyclic) bond motifs is 4. The van der Waals surface area contributed by atoms with Crippen LogP contribution in [0.5, 0.6) is 46.0 Å². The topological polar surface area (TPSA) is 428 Å². The normalized spacial score (nSPS) is 14.4. The highest BCUT2D eigenvalue weighted by Crippen LogP contribution is 2.39. The van der Waals surface area contributed by atoms with Crippen molar-refractivity contribution < 1.29 is 74.7 Å². The number of carbonyl (C=O) groups is 4. The van der Waals surface area contributed by atoms with Gasteiger partial charge in [0.15, 0.2) is 69.0 Å². The highest BCUT2D eigenvalue weighted by molar-refractivity contribution is 5.97. The van der Waals surface area contributed by atoms with Crippen molar-refractivity contribution in [1.29, 1.82) is 0 Å². The summed E-state index contributed by atoms with van der Waals surface area (Å²) in [4.78, 5) is 101. The number of piperazine rings is 4. The van der Waals surface area contributed by atoms with Gasteiger partial charge in [-0.25, -0.2) is 19.9 Å². The van der Waals surface area contributed by atoms with Crippen LogP contribution in [0.3, 0.4) is 0 Å². The lowest BCUT2D eigenvalue weighted by Gasteiger charge is -2.34. The fourth-order valence-electron chi connectivity index (χ4n) is 13.1. The Morgan fingerprint density at radius 3 is 0.616 bits per heavy atom. The molecule has 0 radical (unpaired) electrons. The van der Waals surface area contributed by atoms with Crippen LogP contribution in [0.2, 0.25) is 0 Å². The number of anilines is 8. The lowest BCUT2D eigenvalue weighted by molar-refractivity contribution is 0.0707. The maximum atomic E-state index is 12.4. The summed E-state index contributed by atoms with van der Waals surface area (Å²) in [5.74, 6) is 9.15. The molecule has 0 bridgehead atoms. The molecule has 4 aromatic carbocycles. The Labute approximate surface area is 641 Å². The van der Waals surface area contributed by atoms with E-state index in [1.807, 2.05) is 19.6 Å². The standard InChI is InChI=1S/4C19H21N5O4/c4*1-26-15-10-12-13(11-16(15)27-2)21-19(22-17(12)20)24-7-5-23(6-8-24)18(25)14-4-3-9-28-14/h4*3-4,9-11H,5-8H2,1-2H3,(H2,20,21,22). The molecule has 0 spiro atoms. The summed E-state index contributed by atoms with van der Waals surface area (Å²) in [5.41, 5.74) is 27.4. The molecule has 0 unspecified atom stereocenters. The van der Waals surface area contributed by atoms with Gasteiger partial charge in [0, 0.05) is 151 Å². The molecule has 112 heavy (non-hydrogen) atoms. The molecular formula is C76H84N20O16. The Morgan fingerprint density at radius 2 is 0.455 bits per heavy atom. The van der Waals surface area contributed by atoms with E-state index in [2.05, 4.69) is 39.9 Å². The number of hydrogen-bond donors (Lipinski definition) is 4. The van der Waals surface area contributed by atoms with Gasteiger partial charge in [-0.15, -0.1) is 0 Å². The van der Waals surface area contributed by atoms with Crippen molar-refractivity contribution >= 4 is 114 Å². The molecule has 0 saturated carbocycles. The molecule has 584 valence electrons. The van der Waals surface area contributed by atoms with E-state index < -0.39 is 0 Å². The molecule has 4 aliphatic rings. The number of nitrogen functional groups attached to an aromatic ring is 4. The van der Waals surface area contributed by atoms with Crippen LogP contribution in [0.15, 0.2) is 140 Å². The van der Waals surface area contributed by atoms with Crippen LogP contribution < -0.4 is 80.4 Å². The quantitative estimate of drug-likeness (QED) is 0.0746. The van der Waals surface area contributed by atoms with Crippen molar-refractivity contribution in [2.24, 2.45) is 0 Å². The van der Waals surface area contributed by atoms with Gasteiger partial charge in [0.05, 0.1) is 104 Å². The Hall–Kier alpha value is -14.0. The first kappa shape index (κ1) is 76.2. The number of nitrogens with zero attached hydrogens (tertiary/aromatic N) is 16. The summed E-state index contributed by atoms with van der Waals surface area (Å²) in [6.07, 6.45) is 5.99. The Balaban J connectivity index is 0.000000131. The van der Waals surface area contributed by atoms with E-state index in [4.69, 9.17) is 78.5 Å². The molecule has 8 aromatic heterocycles. The molecule has 12 aromatic rings. The SMILES string of the molecule is COc1cc2nc(N3CCN(C(=O)c4ccco4)CC3)nc(N)c2cc1OC.COc1cc2nc(N3CCN(C(=O)c4ccco4)CC3)nc(N)c2cc1OC.COc1cc2nc(N3CCN(C(=O)c4ccco4)CC3)nc(N)c2cc1OC.COc1cc2nc(N3CCN(C(=O)c4ccco4)CC3)nc(N)c2cc1OC. The van der Waals surface area contributed by atoms with Crippen LogP contribution in [0.25, 0.3) is 43.6 Å². The van der Waals surface area contributed by atoms with E-state index in [9.17, 15) is 19.2 Å². The van der Waals surface area contributed by atoms with E-state index in [-0.39, 0.29) is 23.6 Å². The van der Waals surface area contributed by atoms with E-state index in [1.165, 1.54) is 25.1 Å².